The van der Waals surface area contributed by atoms with Gasteiger partial charge in [0.1, 0.15) is 0 Å². The second-order valence-electron chi connectivity index (χ2n) is 6.09. The van der Waals surface area contributed by atoms with E-state index < -0.39 is 0 Å². The van der Waals surface area contributed by atoms with E-state index in [1.165, 1.54) is 37.0 Å². The SMILES string of the molecule is CCCNc1nnc(C(=O)N2CCC[C@H]3CCCC[C@H]32)s1. The van der Waals surface area contributed by atoms with Gasteiger partial charge in [-0.15, -0.1) is 10.2 Å². The van der Waals surface area contributed by atoms with Crippen LogP contribution in [0.1, 0.15) is 61.7 Å². The van der Waals surface area contributed by atoms with Crippen LogP contribution >= 0.6 is 11.3 Å². The lowest BCUT2D eigenvalue weighted by atomic mass is 9.78. The molecule has 1 aromatic rings. The Balaban J connectivity index is 1.69. The highest BCUT2D eigenvalue weighted by molar-refractivity contribution is 7.17. The van der Waals surface area contributed by atoms with Crippen molar-refractivity contribution in [3.8, 4) is 0 Å². The molecule has 1 aromatic heterocycles. The van der Waals surface area contributed by atoms with Crippen molar-refractivity contribution in [3.63, 3.8) is 0 Å². The van der Waals surface area contributed by atoms with Crippen molar-refractivity contribution in [3.05, 3.63) is 5.01 Å². The third-order valence-corrected chi connectivity index (χ3v) is 5.51. The van der Waals surface area contributed by atoms with Crippen LogP contribution in [0.4, 0.5) is 5.13 Å². The molecule has 21 heavy (non-hydrogen) atoms. The number of hydrogen-bond donors (Lipinski definition) is 1. The minimum absolute atomic E-state index is 0.0913. The number of likely N-dealkylation sites (tertiary alicyclic amines) is 1. The summed E-state index contributed by atoms with van der Waals surface area (Å²) in [6, 6.07) is 0.441. The second-order valence-corrected chi connectivity index (χ2v) is 7.07. The molecular formula is C15H24N4OS. The Morgan fingerprint density at radius 2 is 2.10 bits per heavy atom. The van der Waals surface area contributed by atoms with Crippen LogP contribution in [0.25, 0.3) is 0 Å². The van der Waals surface area contributed by atoms with Crippen LogP contribution in [0.15, 0.2) is 0 Å². The number of piperidine rings is 1. The van der Waals surface area contributed by atoms with E-state index in [4.69, 9.17) is 0 Å². The van der Waals surface area contributed by atoms with E-state index in [-0.39, 0.29) is 5.91 Å². The van der Waals surface area contributed by atoms with E-state index in [2.05, 4.69) is 27.3 Å². The van der Waals surface area contributed by atoms with Crippen molar-refractivity contribution in [2.75, 3.05) is 18.4 Å². The Morgan fingerprint density at radius 3 is 2.95 bits per heavy atom. The fourth-order valence-corrected chi connectivity index (χ4v) is 4.34. The molecule has 1 amide bonds. The van der Waals surface area contributed by atoms with Gasteiger partial charge in [0.05, 0.1) is 0 Å². The molecule has 2 heterocycles. The number of hydrogen-bond acceptors (Lipinski definition) is 5. The summed E-state index contributed by atoms with van der Waals surface area (Å²) < 4.78 is 0. The van der Waals surface area contributed by atoms with Crippen LogP contribution in [-0.4, -0.2) is 40.1 Å². The molecule has 1 saturated carbocycles. The van der Waals surface area contributed by atoms with Gasteiger partial charge < -0.3 is 10.2 Å². The first kappa shape index (κ1) is 14.8. The zero-order valence-corrected chi connectivity index (χ0v) is 13.5. The van der Waals surface area contributed by atoms with Crippen LogP contribution in [0, 0.1) is 5.92 Å². The molecule has 1 N–H and O–H groups in total. The molecule has 0 unspecified atom stereocenters. The van der Waals surface area contributed by atoms with Gasteiger partial charge in [-0.2, -0.15) is 0 Å². The Morgan fingerprint density at radius 1 is 1.29 bits per heavy atom. The highest BCUT2D eigenvalue weighted by Crippen LogP contribution is 2.36. The van der Waals surface area contributed by atoms with Crippen molar-refractivity contribution >= 4 is 22.4 Å². The molecular weight excluding hydrogens is 284 g/mol. The first-order valence-corrected chi connectivity index (χ1v) is 8.99. The fraction of sp³-hybridized carbons (Fsp3) is 0.800. The molecule has 1 aliphatic heterocycles. The predicted octanol–water partition coefficient (Wildman–Crippen LogP) is 3.15. The van der Waals surface area contributed by atoms with Crippen LogP contribution in [0.5, 0.6) is 0 Å². The van der Waals surface area contributed by atoms with Gasteiger partial charge in [-0.1, -0.05) is 31.1 Å². The molecule has 0 aromatic carbocycles. The zero-order valence-electron chi connectivity index (χ0n) is 12.7. The molecule has 2 fully saturated rings. The Bertz CT molecular complexity index is 488. The maximum atomic E-state index is 12.7. The largest absolute Gasteiger partial charge is 0.360 e. The lowest BCUT2D eigenvalue weighted by molar-refractivity contribution is 0.0389. The lowest BCUT2D eigenvalue weighted by Crippen LogP contribution is -2.49. The van der Waals surface area contributed by atoms with E-state index in [0.29, 0.717) is 17.0 Å². The van der Waals surface area contributed by atoms with Gasteiger partial charge in [-0.25, -0.2) is 0 Å². The molecule has 0 radical (unpaired) electrons. The molecule has 0 spiro atoms. The van der Waals surface area contributed by atoms with Gasteiger partial charge in [0.15, 0.2) is 0 Å². The van der Waals surface area contributed by atoms with E-state index >= 15 is 0 Å². The van der Waals surface area contributed by atoms with E-state index in [1.807, 2.05) is 0 Å². The summed E-state index contributed by atoms with van der Waals surface area (Å²) in [6.07, 6.45) is 8.49. The summed E-state index contributed by atoms with van der Waals surface area (Å²) in [5, 5.41) is 12.7. The van der Waals surface area contributed by atoms with Gasteiger partial charge >= 0.3 is 0 Å². The smallest absolute Gasteiger partial charge is 0.285 e. The predicted molar refractivity (Wildman–Crippen MR) is 84.7 cm³/mol. The van der Waals surface area contributed by atoms with Gasteiger partial charge in [0, 0.05) is 19.1 Å². The number of nitrogens with one attached hydrogen (secondary N) is 1. The molecule has 6 heteroatoms. The Hall–Kier alpha value is -1.17. The lowest BCUT2D eigenvalue weighted by Gasteiger charge is -2.43. The first-order valence-electron chi connectivity index (χ1n) is 8.18. The topological polar surface area (TPSA) is 58.1 Å². The molecule has 2 atom stereocenters. The number of fused-ring (bicyclic) bond motifs is 1. The van der Waals surface area contributed by atoms with E-state index in [9.17, 15) is 4.79 Å². The average molecular weight is 308 g/mol. The van der Waals surface area contributed by atoms with Gasteiger partial charge in [-0.05, 0) is 38.0 Å². The summed E-state index contributed by atoms with van der Waals surface area (Å²) >= 11 is 1.39. The van der Waals surface area contributed by atoms with Gasteiger partial charge in [0.25, 0.3) is 5.91 Å². The third-order valence-electron chi connectivity index (χ3n) is 4.64. The van der Waals surface area contributed by atoms with Crippen LogP contribution in [0.2, 0.25) is 0 Å². The Kier molecular flexibility index (Phi) is 4.73. The average Bonchev–Trinajstić information content (AvgIpc) is 3.00. The number of rotatable bonds is 4. The van der Waals surface area contributed by atoms with Crippen molar-refractivity contribution in [1.29, 1.82) is 0 Å². The second kappa shape index (κ2) is 6.73. The maximum absolute atomic E-state index is 12.7. The van der Waals surface area contributed by atoms with Gasteiger partial charge in [-0.3, -0.25) is 4.79 Å². The molecule has 1 aliphatic carbocycles. The molecule has 1 saturated heterocycles. The quantitative estimate of drug-likeness (QED) is 0.928. The maximum Gasteiger partial charge on any atom is 0.285 e. The van der Waals surface area contributed by atoms with Crippen LogP contribution in [0.3, 0.4) is 0 Å². The molecule has 116 valence electrons. The number of amides is 1. The van der Waals surface area contributed by atoms with Crippen LogP contribution in [-0.2, 0) is 0 Å². The summed E-state index contributed by atoms with van der Waals surface area (Å²) in [6.45, 7) is 3.87. The number of carbonyl (C=O) groups excluding carboxylic acids is 1. The monoisotopic (exact) mass is 308 g/mol. The number of aromatic nitrogens is 2. The Labute approximate surface area is 130 Å². The molecule has 5 nitrogen and oxygen atoms in total. The summed E-state index contributed by atoms with van der Waals surface area (Å²) in [4.78, 5) is 14.8. The highest BCUT2D eigenvalue weighted by atomic mass is 32.1. The number of carbonyl (C=O) groups is 1. The summed E-state index contributed by atoms with van der Waals surface area (Å²) in [5.41, 5.74) is 0. The van der Waals surface area contributed by atoms with Crippen molar-refractivity contribution in [1.82, 2.24) is 15.1 Å². The first-order chi connectivity index (χ1) is 10.3. The fourth-order valence-electron chi connectivity index (χ4n) is 3.61. The minimum atomic E-state index is 0.0913. The van der Waals surface area contributed by atoms with Crippen LogP contribution < -0.4 is 5.32 Å². The molecule has 3 rings (SSSR count). The number of anilines is 1. The third kappa shape index (κ3) is 3.20. The van der Waals surface area contributed by atoms with Gasteiger partial charge in [0.2, 0.25) is 10.1 Å². The standard InChI is InChI=1S/C15H24N4OS/c1-2-9-16-15-18-17-13(21-15)14(20)19-10-5-7-11-6-3-4-8-12(11)19/h11-12H,2-10H2,1H3,(H,16,18)/t11-,12-/m1/s1. The van der Waals surface area contributed by atoms with Crippen molar-refractivity contribution in [2.45, 2.75) is 57.9 Å². The zero-order chi connectivity index (χ0) is 14.7. The highest BCUT2D eigenvalue weighted by Gasteiger charge is 2.36. The van der Waals surface area contributed by atoms with Crippen molar-refractivity contribution in [2.24, 2.45) is 5.92 Å². The van der Waals surface area contributed by atoms with E-state index in [1.54, 1.807) is 0 Å². The summed E-state index contributed by atoms with van der Waals surface area (Å²) in [5.74, 6) is 0.802. The number of nitrogens with zero attached hydrogens (tertiary/aromatic N) is 3. The molecule has 0 bridgehead atoms. The normalized spacial score (nSPS) is 25.5. The minimum Gasteiger partial charge on any atom is -0.360 e. The van der Waals surface area contributed by atoms with Crippen molar-refractivity contribution < 1.29 is 4.79 Å². The van der Waals surface area contributed by atoms with E-state index in [0.717, 1.165) is 37.5 Å². The summed E-state index contributed by atoms with van der Waals surface area (Å²) in [7, 11) is 0. The molecule has 2 aliphatic rings.